The van der Waals surface area contributed by atoms with Gasteiger partial charge in [0.25, 0.3) is 0 Å². The molecule has 0 aliphatic heterocycles. The van der Waals surface area contributed by atoms with Crippen molar-refractivity contribution >= 4 is 15.9 Å². The minimum atomic E-state index is 0.799. The summed E-state index contributed by atoms with van der Waals surface area (Å²) in [7, 11) is 1.70. The highest BCUT2D eigenvalue weighted by molar-refractivity contribution is 9.10. The van der Waals surface area contributed by atoms with Gasteiger partial charge in [-0.1, -0.05) is 15.9 Å². The van der Waals surface area contributed by atoms with E-state index in [0.29, 0.717) is 0 Å². The summed E-state index contributed by atoms with van der Waals surface area (Å²) < 4.78 is 6.42. The molecule has 0 unspecified atom stereocenters. The molecule has 4 heteroatoms. The fraction of sp³-hybridized carbons (Fsp3) is 0.267. The highest BCUT2D eigenvalue weighted by Gasteiger charge is 2.03. The van der Waals surface area contributed by atoms with E-state index in [1.165, 1.54) is 5.56 Å². The van der Waals surface area contributed by atoms with Crippen LogP contribution in [0.1, 0.15) is 11.1 Å². The minimum absolute atomic E-state index is 0.799. The van der Waals surface area contributed by atoms with Gasteiger partial charge in [-0.3, -0.25) is 4.98 Å². The Balaban J connectivity index is 1.84. The largest absolute Gasteiger partial charge is 0.496 e. The fourth-order valence-electron chi connectivity index (χ4n) is 1.89. The van der Waals surface area contributed by atoms with E-state index in [4.69, 9.17) is 4.74 Å². The quantitative estimate of drug-likeness (QED) is 0.830. The van der Waals surface area contributed by atoms with Gasteiger partial charge in [-0.25, -0.2) is 0 Å². The summed E-state index contributed by atoms with van der Waals surface area (Å²) in [6.07, 6.45) is 4.65. The second kappa shape index (κ2) is 7.26. The lowest BCUT2D eigenvalue weighted by Gasteiger charge is -2.10. The van der Waals surface area contributed by atoms with Crippen LogP contribution in [0.15, 0.2) is 47.2 Å². The predicted molar refractivity (Wildman–Crippen MR) is 80.3 cm³/mol. The maximum atomic E-state index is 5.35. The Kier molecular flexibility index (Phi) is 5.36. The van der Waals surface area contributed by atoms with Crippen molar-refractivity contribution in [2.45, 2.75) is 13.0 Å². The van der Waals surface area contributed by atoms with E-state index in [-0.39, 0.29) is 0 Å². The first kappa shape index (κ1) is 14.0. The van der Waals surface area contributed by atoms with Gasteiger partial charge in [0.05, 0.1) is 7.11 Å². The average molecular weight is 321 g/mol. The topological polar surface area (TPSA) is 34.1 Å². The van der Waals surface area contributed by atoms with E-state index >= 15 is 0 Å². The zero-order valence-electron chi connectivity index (χ0n) is 10.9. The zero-order chi connectivity index (χ0) is 13.5. The Morgan fingerprint density at radius 1 is 1.21 bits per heavy atom. The van der Waals surface area contributed by atoms with Crippen molar-refractivity contribution in [3.63, 3.8) is 0 Å². The number of benzene rings is 1. The third-order valence-corrected chi connectivity index (χ3v) is 3.39. The third-order valence-electron chi connectivity index (χ3n) is 2.90. The predicted octanol–water partition coefficient (Wildman–Crippen LogP) is 3.19. The van der Waals surface area contributed by atoms with E-state index in [0.717, 1.165) is 35.3 Å². The first-order valence-corrected chi connectivity index (χ1v) is 7.01. The van der Waals surface area contributed by atoms with Crippen LogP contribution in [0.4, 0.5) is 0 Å². The fourth-order valence-corrected chi connectivity index (χ4v) is 2.30. The van der Waals surface area contributed by atoms with Gasteiger partial charge in [0, 0.05) is 29.0 Å². The molecule has 0 fully saturated rings. The minimum Gasteiger partial charge on any atom is -0.496 e. The van der Waals surface area contributed by atoms with Crippen molar-refractivity contribution in [1.82, 2.24) is 10.3 Å². The molecule has 100 valence electrons. The molecule has 0 saturated carbocycles. The van der Waals surface area contributed by atoms with Gasteiger partial charge < -0.3 is 10.1 Å². The van der Waals surface area contributed by atoms with Crippen molar-refractivity contribution in [3.8, 4) is 5.75 Å². The molecule has 1 aromatic heterocycles. The molecular weight excluding hydrogens is 304 g/mol. The standard InChI is InChI=1S/C15H17BrN2O/c1-19-15-3-2-14(16)10-13(15)11-18-9-6-12-4-7-17-8-5-12/h2-5,7-8,10,18H,6,9,11H2,1H3. The van der Waals surface area contributed by atoms with Crippen LogP contribution in [0.25, 0.3) is 0 Å². The maximum Gasteiger partial charge on any atom is 0.123 e. The molecule has 0 aliphatic carbocycles. The Bertz CT molecular complexity index is 517. The lowest BCUT2D eigenvalue weighted by molar-refractivity contribution is 0.407. The molecular formula is C15H17BrN2O. The molecule has 0 atom stereocenters. The van der Waals surface area contributed by atoms with E-state index in [1.54, 1.807) is 7.11 Å². The molecule has 3 nitrogen and oxygen atoms in total. The highest BCUT2D eigenvalue weighted by atomic mass is 79.9. The lowest BCUT2D eigenvalue weighted by Crippen LogP contribution is -2.17. The molecule has 0 radical (unpaired) electrons. The second-order valence-corrected chi connectivity index (χ2v) is 5.15. The van der Waals surface area contributed by atoms with Gasteiger partial charge >= 0.3 is 0 Å². The molecule has 2 rings (SSSR count). The average Bonchev–Trinajstić information content (AvgIpc) is 2.45. The van der Waals surface area contributed by atoms with Gasteiger partial charge in [0.1, 0.15) is 5.75 Å². The number of nitrogens with zero attached hydrogens (tertiary/aromatic N) is 1. The Labute approximate surface area is 122 Å². The van der Waals surface area contributed by atoms with Crippen LogP contribution in [-0.4, -0.2) is 18.6 Å². The Morgan fingerprint density at radius 2 is 2.00 bits per heavy atom. The maximum absolute atomic E-state index is 5.35. The smallest absolute Gasteiger partial charge is 0.123 e. The van der Waals surface area contributed by atoms with Crippen LogP contribution >= 0.6 is 15.9 Å². The SMILES string of the molecule is COc1ccc(Br)cc1CNCCc1ccncc1. The molecule has 2 aromatic rings. The van der Waals surface area contributed by atoms with Gasteiger partial charge in [0.2, 0.25) is 0 Å². The molecule has 0 bridgehead atoms. The summed E-state index contributed by atoms with van der Waals surface area (Å²) in [5.74, 6) is 0.916. The molecule has 0 saturated heterocycles. The number of ether oxygens (including phenoxy) is 1. The van der Waals surface area contributed by atoms with Crippen LogP contribution in [-0.2, 0) is 13.0 Å². The van der Waals surface area contributed by atoms with Gasteiger partial charge in [-0.15, -0.1) is 0 Å². The monoisotopic (exact) mass is 320 g/mol. The summed E-state index contributed by atoms with van der Waals surface area (Å²) in [5, 5.41) is 3.43. The molecule has 1 N–H and O–H groups in total. The van der Waals surface area contributed by atoms with E-state index in [1.807, 2.05) is 36.7 Å². The van der Waals surface area contributed by atoms with Crippen molar-refractivity contribution in [1.29, 1.82) is 0 Å². The Morgan fingerprint density at radius 3 is 2.74 bits per heavy atom. The summed E-state index contributed by atoms with van der Waals surface area (Å²) in [6.45, 7) is 1.73. The van der Waals surface area contributed by atoms with E-state index in [2.05, 4.69) is 32.3 Å². The molecule has 1 heterocycles. The van der Waals surface area contributed by atoms with E-state index < -0.39 is 0 Å². The van der Waals surface area contributed by atoms with Crippen LogP contribution in [0.3, 0.4) is 0 Å². The zero-order valence-corrected chi connectivity index (χ0v) is 12.5. The molecule has 0 spiro atoms. The highest BCUT2D eigenvalue weighted by Crippen LogP contribution is 2.22. The van der Waals surface area contributed by atoms with Crippen molar-refractivity contribution in [2.24, 2.45) is 0 Å². The number of halogens is 1. The van der Waals surface area contributed by atoms with Gasteiger partial charge in [-0.2, -0.15) is 0 Å². The number of hydrogen-bond donors (Lipinski definition) is 1. The lowest BCUT2D eigenvalue weighted by atomic mass is 10.2. The number of methoxy groups -OCH3 is 1. The normalized spacial score (nSPS) is 10.4. The molecule has 0 amide bonds. The van der Waals surface area contributed by atoms with Gasteiger partial charge in [0.15, 0.2) is 0 Å². The first-order valence-electron chi connectivity index (χ1n) is 6.21. The summed E-state index contributed by atoms with van der Waals surface area (Å²) in [5.41, 5.74) is 2.45. The van der Waals surface area contributed by atoms with Crippen LogP contribution in [0.2, 0.25) is 0 Å². The Hall–Kier alpha value is -1.39. The summed E-state index contributed by atoms with van der Waals surface area (Å²) in [4.78, 5) is 4.01. The van der Waals surface area contributed by atoms with Crippen LogP contribution in [0.5, 0.6) is 5.75 Å². The number of nitrogens with one attached hydrogen (secondary N) is 1. The van der Waals surface area contributed by atoms with Crippen LogP contribution in [0, 0.1) is 0 Å². The van der Waals surface area contributed by atoms with Crippen LogP contribution < -0.4 is 10.1 Å². The number of aromatic nitrogens is 1. The molecule has 19 heavy (non-hydrogen) atoms. The number of pyridine rings is 1. The summed E-state index contributed by atoms with van der Waals surface area (Å²) in [6, 6.07) is 10.1. The molecule has 0 aliphatic rings. The summed E-state index contributed by atoms with van der Waals surface area (Å²) >= 11 is 3.48. The van der Waals surface area contributed by atoms with Crippen molar-refractivity contribution in [3.05, 3.63) is 58.3 Å². The third kappa shape index (κ3) is 4.33. The van der Waals surface area contributed by atoms with Crippen molar-refractivity contribution in [2.75, 3.05) is 13.7 Å². The molecule has 1 aromatic carbocycles. The van der Waals surface area contributed by atoms with E-state index in [9.17, 15) is 0 Å². The number of rotatable bonds is 6. The first-order chi connectivity index (χ1) is 9.29. The number of hydrogen-bond acceptors (Lipinski definition) is 3. The van der Waals surface area contributed by atoms with Crippen molar-refractivity contribution < 1.29 is 4.74 Å². The van der Waals surface area contributed by atoms with Gasteiger partial charge in [-0.05, 0) is 48.9 Å². The second-order valence-electron chi connectivity index (χ2n) is 4.24.